The van der Waals surface area contributed by atoms with Crippen molar-refractivity contribution >= 4 is 11.9 Å². The normalized spacial score (nSPS) is 12.2. The number of carboxylic acids is 1. The van der Waals surface area contributed by atoms with Gasteiger partial charge in [-0.05, 0) is 36.5 Å². The van der Waals surface area contributed by atoms with Gasteiger partial charge < -0.3 is 20.5 Å². The first-order valence-electron chi connectivity index (χ1n) is 8.37. The summed E-state index contributed by atoms with van der Waals surface area (Å²) in [6.07, 6.45) is 2.31. The number of carbonyl (C=O) groups excluding carboxylic acids is 1. The summed E-state index contributed by atoms with van der Waals surface area (Å²) in [5.41, 5.74) is 0.923. The Kier molecular flexibility index (Phi) is 8.71. The Bertz CT molecular complexity index is 675. The molecule has 0 aliphatic carbocycles. The van der Waals surface area contributed by atoms with Crippen LogP contribution in [0.15, 0.2) is 36.0 Å². The van der Waals surface area contributed by atoms with Crippen molar-refractivity contribution in [3.63, 3.8) is 0 Å². The summed E-state index contributed by atoms with van der Waals surface area (Å²) in [5, 5.41) is 23.6. The third-order valence-corrected chi connectivity index (χ3v) is 3.64. The molecule has 1 amide bonds. The number of aliphatic carboxylic acids is 1. The molecule has 1 rings (SSSR count). The van der Waals surface area contributed by atoms with E-state index in [2.05, 4.69) is 10.6 Å². The lowest BCUT2D eigenvalue weighted by molar-refractivity contribution is -0.141. The zero-order chi connectivity index (χ0) is 19.5. The SMILES string of the molecule is COc1ccc(CCN/C=C(/C#N)C(=O)NC(CC(C)C)C(=O)O)cc1. The standard InChI is InChI=1S/C19H25N3O4/c1-13(2)10-17(19(24)25)22-18(23)15(11-20)12-21-9-8-14-4-6-16(26-3)7-5-14/h4-7,12-13,17,21H,8-10H2,1-3H3,(H,22,23)(H,24,25)/b15-12-. The second-order valence-corrected chi connectivity index (χ2v) is 6.22. The molecule has 1 aromatic rings. The summed E-state index contributed by atoms with van der Waals surface area (Å²) in [6.45, 7) is 4.26. The smallest absolute Gasteiger partial charge is 0.326 e. The molecule has 0 saturated heterocycles. The minimum Gasteiger partial charge on any atom is -0.497 e. The maximum atomic E-state index is 12.1. The Morgan fingerprint density at radius 2 is 1.96 bits per heavy atom. The van der Waals surface area contributed by atoms with Crippen molar-refractivity contribution in [3.05, 3.63) is 41.6 Å². The third-order valence-electron chi connectivity index (χ3n) is 3.64. The first-order valence-corrected chi connectivity index (χ1v) is 8.37. The van der Waals surface area contributed by atoms with Gasteiger partial charge >= 0.3 is 5.97 Å². The molecule has 7 heteroatoms. The summed E-state index contributed by atoms with van der Waals surface area (Å²) in [4.78, 5) is 23.3. The summed E-state index contributed by atoms with van der Waals surface area (Å²) < 4.78 is 5.09. The molecule has 3 N–H and O–H groups in total. The van der Waals surface area contributed by atoms with E-state index in [0.717, 1.165) is 11.3 Å². The summed E-state index contributed by atoms with van der Waals surface area (Å²) >= 11 is 0. The average molecular weight is 359 g/mol. The van der Waals surface area contributed by atoms with Crippen molar-refractivity contribution in [1.29, 1.82) is 5.26 Å². The number of nitriles is 1. The van der Waals surface area contributed by atoms with E-state index in [1.807, 2.05) is 38.1 Å². The van der Waals surface area contributed by atoms with Gasteiger partial charge in [0.1, 0.15) is 23.4 Å². The van der Waals surface area contributed by atoms with Gasteiger partial charge in [0.25, 0.3) is 5.91 Å². The van der Waals surface area contributed by atoms with Crippen molar-refractivity contribution < 1.29 is 19.4 Å². The first kappa shape index (κ1) is 21.0. The molecule has 0 aromatic heterocycles. The molecule has 26 heavy (non-hydrogen) atoms. The van der Waals surface area contributed by atoms with E-state index in [1.54, 1.807) is 13.2 Å². The van der Waals surface area contributed by atoms with Gasteiger partial charge in [0.05, 0.1) is 7.11 Å². The van der Waals surface area contributed by atoms with Crippen molar-refractivity contribution in [2.45, 2.75) is 32.7 Å². The minimum absolute atomic E-state index is 0.105. The largest absolute Gasteiger partial charge is 0.497 e. The Balaban J connectivity index is 2.56. The second kappa shape index (κ2) is 10.8. The third kappa shape index (κ3) is 7.26. The number of hydrogen-bond donors (Lipinski definition) is 3. The number of rotatable bonds is 10. The summed E-state index contributed by atoms with van der Waals surface area (Å²) in [7, 11) is 1.60. The van der Waals surface area contributed by atoms with Crippen LogP contribution in [0.3, 0.4) is 0 Å². The van der Waals surface area contributed by atoms with Crippen molar-refractivity contribution in [2.75, 3.05) is 13.7 Å². The quantitative estimate of drug-likeness (QED) is 0.334. The van der Waals surface area contributed by atoms with Crippen LogP contribution in [0.5, 0.6) is 5.75 Å². The van der Waals surface area contributed by atoms with E-state index in [9.17, 15) is 9.59 Å². The van der Waals surface area contributed by atoms with Crippen LogP contribution in [0.2, 0.25) is 0 Å². The molecule has 0 spiro atoms. The van der Waals surface area contributed by atoms with Crippen LogP contribution in [0.4, 0.5) is 0 Å². The van der Waals surface area contributed by atoms with Crippen LogP contribution in [0.1, 0.15) is 25.8 Å². The highest BCUT2D eigenvalue weighted by Crippen LogP contribution is 2.11. The maximum absolute atomic E-state index is 12.1. The van der Waals surface area contributed by atoms with Gasteiger partial charge in [-0.1, -0.05) is 26.0 Å². The average Bonchev–Trinajstić information content (AvgIpc) is 2.61. The van der Waals surface area contributed by atoms with Crippen LogP contribution in [0.25, 0.3) is 0 Å². The first-order chi connectivity index (χ1) is 12.4. The van der Waals surface area contributed by atoms with E-state index >= 15 is 0 Å². The van der Waals surface area contributed by atoms with Crippen LogP contribution < -0.4 is 15.4 Å². The van der Waals surface area contributed by atoms with Gasteiger partial charge in [-0.3, -0.25) is 4.79 Å². The fraction of sp³-hybridized carbons (Fsp3) is 0.421. The minimum atomic E-state index is -1.11. The van der Waals surface area contributed by atoms with Gasteiger partial charge in [-0.25, -0.2) is 4.79 Å². The van der Waals surface area contributed by atoms with Gasteiger partial charge in [-0.2, -0.15) is 5.26 Å². The molecule has 1 unspecified atom stereocenters. The van der Waals surface area contributed by atoms with Crippen molar-refractivity contribution in [1.82, 2.24) is 10.6 Å². The Hall–Kier alpha value is -3.01. The predicted octanol–water partition coefficient (Wildman–Crippen LogP) is 1.85. The molecule has 1 aromatic carbocycles. The molecule has 0 radical (unpaired) electrons. The number of methoxy groups -OCH3 is 1. The topological polar surface area (TPSA) is 111 Å². The van der Waals surface area contributed by atoms with Crippen LogP contribution in [0, 0.1) is 17.2 Å². The summed E-state index contributed by atoms with van der Waals surface area (Å²) in [5.74, 6) is -0.928. The maximum Gasteiger partial charge on any atom is 0.326 e. The number of benzene rings is 1. The van der Waals surface area contributed by atoms with E-state index in [1.165, 1.54) is 6.20 Å². The van der Waals surface area contributed by atoms with E-state index in [0.29, 0.717) is 19.4 Å². The highest BCUT2D eigenvalue weighted by Gasteiger charge is 2.22. The van der Waals surface area contributed by atoms with Crippen LogP contribution >= 0.6 is 0 Å². The Labute approximate surface area is 153 Å². The van der Waals surface area contributed by atoms with E-state index in [-0.39, 0.29) is 11.5 Å². The molecule has 1 atom stereocenters. The van der Waals surface area contributed by atoms with Gasteiger partial charge in [0.15, 0.2) is 0 Å². The lowest BCUT2D eigenvalue weighted by atomic mass is 10.0. The molecule has 0 aliphatic rings. The number of amides is 1. The molecule has 0 aliphatic heterocycles. The molecule has 0 heterocycles. The lowest BCUT2D eigenvalue weighted by Gasteiger charge is -2.16. The Morgan fingerprint density at radius 1 is 1.31 bits per heavy atom. The monoisotopic (exact) mass is 359 g/mol. The van der Waals surface area contributed by atoms with Gasteiger partial charge in [0.2, 0.25) is 0 Å². The van der Waals surface area contributed by atoms with Gasteiger partial charge in [0, 0.05) is 12.7 Å². The van der Waals surface area contributed by atoms with Crippen molar-refractivity contribution in [3.8, 4) is 11.8 Å². The molecule has 0 fully saturated rings. The van der Waals surface area contributed by atoms with Gasteiger partial charge in [-0.15, -0.1) is 0 Å². The van der Waals surface area contributed by atoms with Crippen molar-refractivity contribution in [2.24, 2.45) is 5.92 Å². The molecular formula is C19H25N3O4. The molecular weight excluding hydrogens is 334 g/mol. The number of carbonyl (C=O) groups is 2. The highest BCUT2D eigenvalue weighted by molar-refractivity contribution is 5.99. The van der Waals surface area contributed by atoms with E-state index < -0.39 is 17.9 Å². The number of nitrogens with zero attached hydrogens (tertiary/aromatic N) is 1. The molecule has 7 nitrogen and oxygen atoms in total. The number of hydrogen-bond acceptors (Lipinski definition) is 5. The predicted molar refractivity (Wildman–Crippen MR) is 97.4 cm³/mol. The molecule has 0 bridgehead atoms. The fourth-order valence-electron chi connectivity index (χ4n) is 2.26. The number of ether oxygens (including phenoxy) is 1. The molecule has 0 saturated carbocycles. The highest BCUT2D eigenvalue weighted by atomic mass is 16.5. The lowest BCUT2D eigenvalue weighted by Crippen LogP contribution is -2.42. The zero-order valence-corrected chi connectivity index (χ0v) is 15.3. The number of carboxylic acid groups (broad SMARTS) is 1. The zero-order valence-electron chi connectivity index (χ0n) is 15.3. The molecule has 140 valence electrons. The van der Waals surface area contributed by atoms with E-state index in [4.69, 9.17) is 15.1 Å². The second-order valence-electron chi connectivity index (χ2n) is 6.22. The van der Waals surface area contributed by atoms with Crippen LogP contribution in [-0.2, 0) is 16.0 Å². The number of nitrogens with one attached hydrogen (secondary N) is 2. The van der Waals surface area contributed by atoms with Crippen LogP contribution in [-0.4, -0.2) is 36.7 Å². The Morgan fingerprint density at radius 3 is 2.46 bits per heavy atom. The fourth-order valence-corrected chi connectivity index (χ4v) is 2.26. The summed E-state index contributed by atoms with van der Waals surface area (Å²) in [6, 6.07) is 8.37.